The van der Waals surface area contributed by atoms with E-state index in [1.165, 1.54) is 43.5 Å². The first-order chi connectivity index (χ1) is 8.61. The van der Waals surface area contributed by atoms with E-state index in [2.05, 4.69) is 43.6 Å². The Morgan fingerprint density at radius 3 is 2.56 bits per heavy atom. The summed E-state index contributed by atoms with van der Waals surface area (Å²) in [5.41, 5.74) is 0.530. The lowest BCUT2D eigenvalue weighted by Crippen LogP contribution is -2.37. The molecule has 1 unspecified atom stereocenters. The molecule has 1 heterocycles. The van der Waals surface area contributed by atoms with Crippen LogP contribution in [0.5, 0.6) is 0 Å². The Balaban J connectivity index is 1.93. The van der Waals surface area contributed by atoms with Crippen molar-refractivity contribution in [1.82, 2.24) is 5.32 Å². The van der Waals surface area contributed by atoms with E-state index in [0.29, 0.717) is 17.4 Å². The fourth-order valence-corrected chi connectivity index (χ4v) is 4.05. The second-order valence-corrected chi connectivity index (χ2v) is 7.47. The highest BCUT2D eigenvalue weighted by Gasteiger charge is 2.28. The third-order valence-electron chi connectivity index (χ3n) is 4.33. The first-order valence-corrected chi connectivity index (χ1v) is 8.25. The molecule has 2 rings (SSSR count). The smallest absolute Gasteiger partial charge is 0.0438 e. The van der Waals surface area contributed by atoms with Gasteiger partial charge in [0.1, 0.15) is 0 Å². The Bertz CT molecular complexity index is 336. The Labute approximate surface area is 116 Å². The summed E-state index contributed by atoms with van der Waals surface area (Å²) in [5.74, 6) is 0.663. The van der Waals surface area contributed by atoms with Crippen molar-refractivity contribution in [3.05, 3.63) is 22.4 Å². The van der Waals surface area contributed by atoms with Crippen LogP contribution in [-0.2, 0) is 0 Å². The van der Waals surface area contributed by atoms with Crippen LogP contribution in [0.3, 0.4) is 0 Å². The van der Waals surface area contributed by atoms with Gasteiger partial charge in [-0.25, -0.2) is 0 Å². The van der Waals surface area contributed by atoms with Crippen LogP contribution in [0.4, 0.5) is 0 Å². The van der Waals surface area contributed by atoms with Gasteiger partial charge in [-0.15, -0.1) is 11.3 Å². The molecule has 0 saturated heterocycles. The molecule has 1 saturated carbocycles. The van der Waals surface area contributed by atoms with E-state index in [-0.39, 0.29) is 0 Å². The number of thiophene rings is 1. The van der Waals surface area contributed by atoms with Gasteiger partial charge < -0.3 is 5.32 Å². The molecule has 0 aromatic carbocycles. The first-order valence-electron chi connectivity index (χ1n) is 7.37. The Morgan fingerprint density at radius 1 is 1.28 bits per heavy atom. The molecular weight excluding hydrogens is 238 g/mol. The second-order valence-electron chi connectivity index (χ2n) is 6.49. The van der Waals surface area contributed by atoms with Gasteiger partial charge in [-0.2, -0.15) is 0 Å². The van der Waals surface area contributed by atoms with Crippen LogP contribution in [0.15, 0.2) is 17.5 Å². The van der Waals surface area contributed by atoms with E-state index in [4.69, 9.17) is 0 Å². The molecule has 1 atom stereocenters. The zero-order valence-electron chi connectivity index (χ0n) is 12.0. The monoisotopic (exact) mass is 265 g/mol. The van der Waals surface area contributed by atoms with Gasteiger partial charge in [0.25, 0.3) is 0 Å². The van der Waals surface area contributed by atoms with Gasteiger partial charge in [0.05, 0.1) is 0 Å². The molecule has 0 amide bonds. The molecule has 0 spiro atoms. The molecule has 1 aliphatic rings. The number of rotatable bonds is 5. The van der Waals surface area contributed by atoms with Crippen molar-refractivity contribution < 1.29 is 0 Å². The highest BCUT2D eigenvalue weighted by molar-refractivity contribution is 7.10. The van der Waals surface area contributed by atoms with Crippen molar-refractivity contribution >= 4 is 11.3 Å². The van der Waals surface area contributed by atoms with Crippen LogP contribution in [0.2, 0.25) is 0 Å². The van der Waals surface area contributed by atoms with Crippen LogP contribution >= 0.6 is 11.3 Å². The Hall–Kier alpha value is -0.340. The summed E-state index contributed by atoms with van der Waals surface area (Å²) in [6.45, 7) is 8.28. The van der Waals surface area contributed by atoms with Crippen LogP contribution in [0.25, 0.3) is 0 Å². The Kier molecular flexibility index (Phi) is 4.85. The van der Waals surface area contributed by atoms with Crippen LogP contribution in [0, 0.1) is 11.3 Å². The highest BCUT2D eigenvalue weighted by atomic mass is 32.1. The minimum Gasteiger partial charge on any atom is -0.308 e. The van der Waals surface area contributed by atoms with Crippen LogP contribution < -0.4 is 5.32 Å². The summed E-state index contributed by atoms with van der Waals surface area (Å²) < 4.78 is 0. The largest absolute Gasteiger partial charge is 0.308 e. The molecule has 0 radical (unpaired) electrons. The molecule has 0 aliphatic heterocycles. The molecular formula is C16H27NS. The van der Waals surface area contributed by atoms with E-state index < -0.39 is 0 Å². The molecule has 0 bridgehead atoms. The number of hydrogen-bond acceptors (Lipinski definition) is 2. The van der Waals surface area contributed by atoms with Gasteiger partial charge in [0.15, 0.2) is 0 Å². The maximum absolute atomic E-state index is 3.84. The fraction of sp³-hybridized carbons (Fsp3) is 0.750. The topological polar surface area (TPSA) is 12.0 Å². The summed E-state index contributed by atoms with van der Waals surface area (Å²) >= 11 is 1.88. The van der Waals surface area contributed by atoms with E-state index >= 15 is 0 Å². The fourth-order valence-electron chi connectivity index (χ4n) is 3.07. The van der Waals surface area contributed by atoms with Crippen molar-refractivity contribution in [3.63, 3.8) is 0 Å². The molecule has 18 heavy (non-hydrogen) atoms. The molecule has 1 aromatic rings. The Morgan fingerprint density at radius 2 is 2.00 bits per heavy atom. The minimum atomic E-state index is 0.530. The van der Waals surface area contributed by atoms with Crippen molar-refractivity contribution in [2.24, 2.45) is 11.3 Å². The van der Waals surface area contributed by atoms with Gasteiger partial charge in [-0.3, -0.25) is 0 Å². The van der Waals surface area contributed by atoms with Gasteiger partial charge in [-0.1, -0.05) is 46.1 Å². The molecule has 102 valence electrons. The van der Waals surface area contributed by atoms with Gasteiger partial charge >= 0.3 is 0 Å². The first kappa shape index (κ1) is 14.1. The zero-order valence-corrected chi connectivity index (χ0v) is 12.9. The lowest BCUT2D eigenvalue weighted by Gasteiger charge is -2.36. The molecule has 1 aromatic heterocycles. The average Bonchev–Trinajstić information content (AvgIpc) is 2.83. The quantitative estimate of drug-likeness (QED) is 0.789. The van der Waals surface area contributed by atoms with Gasteiger partial charge in [0.2, 0.25) is 0 Å². The van der Waals surface area contributed by atoms with E-state index in [0.717, 1.165) is 0 Å². The number of hydrogen-bond donors (Lipinski definition) is 1. The third-order valence-corrected chi connectivity index (χ3v) is 5.28. The third kappa shape index (κ3) is 3.58. The van der Waals surface area contributed by atoms with Gasteiger partial charge in [0, 0.05) is 17.5 Å². The SMILES string of the molecule is CC(C)C(NCC1(C)CCCCC1)c1cccs1. The molecule has 1 N–H and O–H groups in total. The van der Waals surface area contributed by atoms with Crippen molar-refractivity contribution in [3.8, 4) is 0 Å². The summed E-state index contributed by atoms with van der Waals surface area (Å²) in [6, 6.07) is 4.97. The zero-order chi connectivity index (χ0) is 13.0. The molecule has 1 aliphatic carbocycles. The maximum Gasteiger partial charge on any atom is 0.0438 e. The maximum atomic E-state index is 3.84. The van der Waals surface area contributed by atoms with E-state index in [9.17, 15) is 0 Å². The average molecular weight is 265 g/mol. The van der Waals surface area contributed by atoms with Crippen LogP contribution in [-0.4, -0.2) is 6.54 Å². The molecule has 2 heteroatoms. The summed E-state index contributed by atoms with van der Waals surface area (Å²) in [7, 11) is 0. The molecule has 1 nitrogen and oxygen atoms in total. The lowest BCUT2D eigenvalue weighted by molar-refractivity contribution is 0.194. The van der Waals surface area contributed by atoms with Gasteiger partial charge in [-0.05, 0) is 35.6 Å². The highest BCUT2D eigenvalue weighted by Crippen LogP contribution is 2.36. The number of nitrogens with one attached hydrogen (secondary N) is 1. The van der Waals surface area contributed by atoms with Crippen molar-refractivity contribution in [2.75, 3.05) is 6.54 Å². The normalized spacial score (nSPS) is 21.1. The summed E-state index contributed by atoms with van der Waals surface area (Å²) in [4.78, 5) is 1.49. The van der Waals surface area contributed by atoms with Crippen molar-refractivity contribution in [2.45, 2.75) is 58.9 Å². The van der Waals surface area contributed by atoms with Crippen molar-refractivity contribution in [1.29, 1.82) is 0 Å². The van der Waals surface area contributed by atoms with Crippen LogP contribution in [0.1, 0.15) is 63.8 Å². The predicted octanol–water partition coefficient (Wildman–Crippen LogP) is 5.01. The standard InChI is InChI=1S/C16H27NS/c1-13(2)15(14-8-7-11-18-14)17-12-16(3)9-5-4-6-10-16/h7-8,11,13,15,17H,4-6,9-10,12H2,1-3H3. The van der Waals surface area contributed by atoms with E-state index in [1.807, 2.05) is 11.3 Å². The predicted molar refractivity (Wildman–Crippen MR) is 81.1 cm³/mol. The summed E-state index contributed by atoms with van der Waals surface area (Å²) in [5, 5.41) is 6.03. The van der Waals surface area contributed by atoms with E-state index in [1.54, 1.807) is 0 Å². The molecule has 1 fully saturated rings. The summed E-state index contributed by atoms with van der Waals surface area (Å²) in [6.07, 6.45) is 7.08. The second kappa shape index (κ2) is 6.21. The minimum absolute atomic E-state index is 0.530. The lowest BCUT2D eigenvalue weighted by atomic mass is 9.75.